The molecule has 0 aliphatic rings. The molecule has 0 atom stereocenters. The Hall–Kier alpha value is -2.45. The summed E-state index contributed by atoms with van der Waals surface area (Å²) in [4.78, 5) is 14.1. The molecule has 5 nitrogen and oxygen atoms in total. The maximum absolute atomic E-state index is 14.0. The molecular formula is C14H11BF2N2O3. The molecule has 0 saturated carbocycles. The maximum Gasteiger partial charge on any atom is 0.488 e. The van der Waals surface area contributed by atoms with Gasteiger partial charge in [0.1, 0.15) is 11.6 Å². The molecule has 8 heteroatoms. The van der Waals surface area contributed by atoms with Crippen molar-refractivity contribution in [2.24, 2.45) is 0 Å². The second kappa shape index (κ2) is 5.40. The molecular weight excluding hydrogens is 293 g/mol. The topological polar surface area (TPSA) is 78.2 Å². The minimum absolute atomic E-state index is 0.119. The molecule has 0 aliphatic heterocycles. The zero-order chi connectivity index (χ0) is 15.9. The van der Waals surface area contributed by atoms with Gasteiger partial charge in [0.2, 0.25) is 0 Å². The highest BCUT2D eigenvalue weighted by Gasteiger charge is 2.18. The first-order valence-corrected chi connectivity index (χ1v) is 6.48. The van der Waals surface area contributed by atoms with Crippen LogP contribution in [0, 0.1) is 11.6 Å². The fraction of sp³-hybridized carbons (Fsp3) is 0.0714. The molecule has 3 rings (SSSR count). The molecule has 0 fully saturated rings. The van der Waals surface area contributed by atoms with Crippen molar-refractivity contribution < 1.29 is 18.8 Å². The fourth-order valence-corrected chi connectivity index (χ4v) is 2.37. The summed E-state index contributed by atoms with van der Waals surface area (Å²) in [6.07, 6.45) is 3.02. The van der Waals surface area contributed by atoms with E-state index in [4.69, 9.17) is 10.0 Å². The molecule has 3 aromatic rings. The smallest absolute Gasteiger partial charge is 0.423 e. The van der Waals surface area contributed by atoms with Crippen LogP contribution in [0.4, 0.5) is 8.78 Å². The van der Waals surface area contributed by atoms with E-state index in [9.17, 15) is 13.6 Å². The van der Waals surface area contributed by atoms with Gasteiger partial charge >= 0.3 is 7.12 Å². The summed E-state index contributed by atoms with van der Waals surface area (Å²) in [6, 6.07) is 4.96. The van der Waals surface area contributed by atoms with Crippen LogP contribution in [0.1, 0.15) is 5.56 Å². The Kier molecular flexibility index (Phi) is 3.55. The van der Waals surface area contributed by atoms with E-state index >= 15 is 0 Å². The zero-order valence-corrected chi connectivity index (χ0v) is 11.3. The average Bonchev–Trinajstić information content (AvgIpc) is 2.87. The third-order valence-corrected chi connectivity index (χ3v) is 3.50. The molecule has 0 bridgehead atoms. The summed E-state index contributed by atoms with van der Waals surface area (Å²) in [5.74, 6) is -1.76. The largest absolute Gasteiger partial charge is 0.488 e. The van der Waals surface area contributed by atoms with Gasteiger partial charge in [0.25, 0.3) is 5.56 Å². The van der Waals surface area contributed by atoms with Gasteiger partial charge in [-0.25, -0.2) is 8.78 Å². The number of hydrogen-bond acceptors (Lipinski definition) is 3. The van der Waals surface area contributed by atoms with Crippen LogP contribution in [0.5, 0.6) is 0 Å². The minimum Gasteiger partial charge on any atom is -0.423 e. The summed E-state index contributed by atoms with van der Waals surface area (Å²) in [7, 11) is -1.94. The Morgan fingerprint density at radius 2 is 1.86 bits per heavy atom. The number of benzene rings is 1. The summed E-state index contributed by atoms with van der Waals surface area (Å²) in [6.45, 7) is -0.119. The molecule has 2 aromatic heterocycles. The van der Waals surface area contributed by atoms with Crippen LogP contribution in [0.2, 0.25) is 0 Å². The van der Waals surface area contributed by atoms with Crippen LogP contribution in [0.15, 0.2) is 41.5 Å². The van der Waals surface area contributed by atoms with Crippen molar-refractivity contribution in [3.8, 4) is 0 Å². The molecule has 0 spiro atoms. The van der Waals surface area contributed by atoms with E-state index in [0.29, 0.717) is 10.9 Å². The van der Waals surface area contributed by atoms with Crippen LogP contribution in [-0.2, 0) is 6.54 Å². The molecule has 0 amide bonds. The number of fused-ring (bicyclic) bond motifs is 1. The number of pyridine rings is 1. The van der Waals surface area contributed by atoms with Gasteiger partial charge in [-0.15, -0.1) is 0 Å². The van der Waals surface area contributed by atoms with Crippen molar-refractivity contribution in [1.29, 1.82) is 0 Å². The van der Waals surface area contributed by atoms with E-state index < -0.39 is 18.8 Å². The molecule has 1 aromatic carbocycles. The molecule has 2 heterocycles. The highest BCUT2D eigenvalue weighted by atomic mass is 19.1. The number of halogens is 2. The first-order chi connectivity index (χ1) is 10.5. The van der Waals surface area contributed by atoms with Crippen molar-refractivity contribution in [3.63, 3.8) is 0 Å². The Bertz CT molecular complexity index is 881. The van der Waals surface area contributed by atoms with Crippen LogP contribution >= 0.6 is 0 Å². The third kappa shape index (κ3) is 2.42. The standard InChI is InChI=1S/C14H11BF2N2O3/c16-11-5-8(15(21)22)6-12(17)10(11)7-19-4-2-9-13(19)1-3-18-14(9)20/h1-6,21-22H,7H2,(H,18,20). The van der Waals surface area contributed by atoms with Gasteiger partial charge in [-0.3, -0.25) is 4.79 Å². The normalized spacial score (nSPS) is 11.1. The first-order valence-electron chi connectivity index (χ1n) is 6.48. The highest BCUT2D eigenvalue weighted by Crippen LogP contribution is 2.17. The quantitative estimate of drug-likeness (QED) is 0.611. The van der Waals surface area contributed by atoms with Crippen LogP contribution < -0.4 is 11.0 Å². The van der Waals surface area contributed by atoms with Gasteiger partial charge < -0.3 is 19.6 Å². The van der Waals surface area contributed by atoms with Crippen molar-refractivity contribution >= 4 is 23.5 Å². The first kappa shape index (κ1) is 14.5. The van der Waals surface area contributed by atoms with E-state index in [1.807, 2.05) is 0 Å². The third-order valence-electron chi connectivity index (χ3n) is 3.50. The van der Waals surface area contributed by atoms with Gasteiger partial charge in [0, 0.05) is 18.0 Å². The van der Waals surface area contributed by atoms with Crippen molar-refractivity contribution in [3.05, 3.63) is 64.2 Å². The summed E-state index contributed by atoms with van der Waals surface area (Å²) in [5.41, 5.74) is -0.209. The van der Waals surface area contributed by atoms with Gasteiger partial charge in [-0.2, -0.15) is 0 Å². The second-order valence-electron chi connectivity index (χ2n) is 4.89. The molecule has 3 N–H and O–H groups in total. The minimum atomic E-state index is -1.94. The zero-order valence-electron chi connectivity index (χ0n) is 11.3. The molecule has 112 valence electrons. The Morgan fingerprint density at radius 1 is 1.18 bits per heavy atom. The molecule has 0 unspecified atom stereocenters. The Labute approximate surface area is 123 Å². The maximum atomic E-state index is 14.0. The number of aromatic nitrogens is 2. The second-order valence-corrected chi connectivity index (χ2v) is 4.89. The SMILES string of the molecule is O=c1[nH]ccc2c1ccn2Cc1c(F)cc(B(O)O)cc1F. The van der Waals surface area contributed by atoms with Crippen molar-refractivity contribution in [2.75, 3.05) is 0 Å². The molecule has 0 saturated heterocycles. The summed E-state index contributed by atoms with van der Waals surface area (Å²) < 4.78 is 29.5. The van der Waals surface area contributed by atoms with Crippen molar-refractivity contribution in [1.82, 2.24) is 9.55 Å². The predicted octanol–water partition coefficient (Wildman–Crippen LogP) is 0.336. The highest BCUT2D eigenvalue weighted by molar-refractivity contribution is 6.58. The monoisotopic (exact) mass is 304 g/mol. The lowest BCUT2D eigenvalue weighted by molar-refractivity contribution is 0.424. The molecule has 0 radical (unpaired) electrons. The van der Waals surface area contributed by atoms with E-state index in [1.54, 1.807) is 22.9 Å². The average molecular weight is 304 g/mol. The lowest BCUT2D eigenvalue weighted by Gasteiger charge is -2.10. The number of hydrogen-bond donors (Lipinski definition) is 3. The van der Waals surface area contributed by atoms with E-state index in [2.05, 4.69) is 4.98 Å². The number of nitrogens with one attached hydrogen (secondary N) is 1. The summed E-state index contributed by atoms with van der Waals surface area (Å²) in [5, 5.41) is 18.4. The Balaban J connectivity index is 2.06. The van der Waals surface area contributed by atoms with E-state index in [-0.39, 0.29) is 23.1 Å². The van der Waals surface area contributed by atoms with Gasteiger partial charge in [-0.05, 0) is 29.7 Å². The van der Waals surface area contributed by atoms with Crippen LogP contribution in [-0.4, -0.2) is 26.7 Å². The van der Waals surface area contributed by atoms with Crippen LogP contribution in [0.3, 0.4) is 0 Å². The summed E-state index contributed by atoms with van der Waals surface area (Å²) >= 11 is 0. The molecule has 0 aliphatic carbocycles. The number of rotatable bonds is 3. The Morgan fingerprint density at radius 3 is 2.50 bits per heavy atom. The van der Waals surface area contributed by atoms with E-state index in [1.165, 1.54) is 6.20 Å². The van der Waals surface area contributed by atoms with Gasteiger partial charge in [0.05, 0.1) is 17.4 Å². The lowest BCUT2D eigenvalue weighted by atomic mass is 9.80. The number of H-pyrrole nitrogens is 1. The van der Waals surface area contributed by atoms with Crippen LogP contribution in [0.25, 0.3) is 10.9 Å². The number of aromatic amines is 1. The van der Waals surface area contributed by atoms with E-state index in [0.717, 1.165) is 12.1 Å². The van der Waals surface area contributed by atoms with Gasteiger partial charge in [0.15, 0.2) is 0 Å². The number of nitrogens with zero attached hydrogens (tertiary/aromatic N) is 1. The van der Waals surface area contributed by atoms with Crippen molar-refractivity contribution in [2.45, 2.75) is 6.54 Å². The van der Waals surface area contributed by atoms with Gasteiger partial charge in [-0.1, -0.05) is 0 Å². The fourth-order valence-electron chi connectivity index (χ4n) is 2.37. The molecule has 22 heavy (non-hydrogen) atoms. The lowest BCUT2D eigenvalue weighted by Crippen LogP contribution is -2.31. The predicted molar refractivity (Wildman–Crippen MR) is 77.8 cm³/mol.